The molecule has 0 aliphatic heterocycles. The summed E-state index contributed by atoms with van der Waals surface area (Å²) in [5, 5.41) is 14.0. The molecule has 3 unspecified atom stereocenters. The van der Waals surface area contributed by atoms with Crippen LogP contribution < -0.4 is 5.32 Å². The van der Waals surface area contributed by atoms with Crippen molar-refractivity contribution in [3.63, 3.8) is 0 Å². The Morgan fingerprint density at radius 3 is 1.14 bits per heavy atom. The van der Waals surface area contributed by atoms with Crippen LogP contribution >= 0.6 is 7.82 Å². The number of aliphatic hydroxyl groups excluding tert-OH is 1. The van der Waals surface area contributed by atoms with Crippen molar-refractivity contribution in [2.24, 2.45) is 0 Å². The van der Waals surface area contributed by atoms with Crippen LogP contribution in [-0.2, 0) is 18.4 Å². The Bertz CT molecular complexity index is 1600. The quantitative estimate of drug-likeness (QED) is 0.0243. The molecular weight excluding hydrogens is 1020 g/mol. The molecule has 0 rings (SSSR count). The smallest absolute Gasteiger partial charge is 0.387 e. The highest BCUT2D eigenvalue weighted by Gasteiger charge is 2.28. The number of nitrogens with zero attached hydrogens (tertiary/aromatic N) is 1. The van der Waals surface area contributed by atoms with Gasteiger partial charge in [-0.2, -0.15) is 0 Å². The van der Waals surface area contributed by atoms with Gasteiger partial charge in [-0.3, -0.25) is 13.8 Å². The summed E-state index contributed by atoms with van der Waals surface area (Å²) < 4.78 is 23.8. The van der Waals surface area contributed by atoms with E-state index in [1.165, 1.54) is 225 Å². The first-order chi connectivity index (χ1) is 39.5. The number of rotatable bonds is 63. The van der Waals surface area contributed by atoms with Gasteiger partial charge in [0.15, 0.2) is 0 Å². The van der Waals surface area contributed by atoms with Crippen LogP contribution in [0.4, 0.5) is 0 Å². The maximum absolute atomic E-state index is 13.0. The minimum atomic E-state index is -4.37. The number of nitrogens with one attached hydrogen (secondary N) is 1. The largest absolute Gasteiger partial charge is 0.472 e. The van der Waals surface area contributed by atoms with E-state index in [1.807, 2.05) is 27.2 Å². The average Bonchev–Trinajstić information content (AvgIpc) is 3.43. The van der Waals surface area contributed by atoms with Crippen molar-refractivity contribution >= 4 is 13.7 Å². The Labute approximate surface area is 503 Å². The van der Waals surface area contributed by atoms with E-state index in [4.69, 9.17) is 9.05 Å². The second kappa shape index (κ2) is 62.2. The maximum Gasteiger partial charge on any atom is 0.472 e. The summed E-state index contributed by atoms with van der Waals surface area (Å²) in [6.45, 7) is 4.71. The van der Waals surface area contributed by atoms with Gasteiger partial charge in [-0.25, -0.2) is 4.57 Å². The molecule has 0 bridgehead atoms. The van der Waals surface area contributed by atoms with Crippen LogP contribution in [0, 0.1) is 0 Å². The zero-order chi connectivity index (χ0) is 59.1. The second-order valence-corrected chi connectivity index (χ2v) is 26.0. The Kier molecular flexibility index (Phi) is 60.4. The van der Waals surface area contributed by atoms with Crippen LogP contribution in [0.25, 0.3) is 0 Å². The van der Waals surface area contributed by atoms with Crippen molar-refractivity contribution in [1.29, 1.82) is 0 Å². The zero-order valence-electron chi connectivity index (χ0n) is 54.0. The Hall–Kier alpha value is -2.32. The molecule has 472 valence electrons. The van der Waals surface area contributed by atoms with Gasteiger partial charge in [0.05, 0.1) is 39.9 Å². The molecule has 81 heavy (non-hydrogen) atoms. The maximum atomic E-state index is 13.0. The summed E-state index contributed by atoms with van der Waals surface area (Å²) in [5.74, 6) is -0.187. The molecular formula is C72H134N2O6P+. The summed E-state index contributed by atoms with van der Waals surface area (Å²) in [6, 6.07) is -0.870. The van der Waals surface area contributed by atoms with Crippen LogP contribution in [0.1, 0.15) is 316 Å². The average molecular weight is 1150 g/mol. The lowest BCUT2D eigenvalue weighted by atomic mass is 10.0. The summed E-state index contributed by atoms with van der Waals surface area (Å²) in [5.41, 5.74) is 0. The Balaban J connectivity index is 4.13. The second-order valence-electron chi connectivity index (χ2n) is 24.5. The van der Waals surface area contributed by atoms with Gasteiger partial charge in [-0.15, -0.1) is 0 Å². The number of carbonyl (C=O) groups is 1. The van der Waals surface area contributed by atoms with E-state index in [9.17, 15) is 19.4 Å². The monoisotopic (exact) mass is 1150 g/mol. The highest BCUT2D eigenvalue weighted by atomic mass is 31.2. The van der Waals surface area contributed by atoms with Crippen molar-refractivity contribution in [2.75, 3.05) is 40.9 Å². The number of amides is 1. The summed E-state index contributed by atoms with van der Waals surface area (Å²) in [6.07, 6.45) is 88.7. The van der Waals surface area contributed by atoms with E-state index in [0.717, 1.165) is 70.6 Å². The fraction of sp³-hybridized carbons (Fsp3) is 0.792. The van der Waals surface area contributed by atoms with Crippen molar-refractivity contribution in [3.05, 3.63) is 85.1 Å². The highest BCUT2D eigenvalue weighted by molar-refractivity contribution is 7.47. The van der Waals surface area contributed by atoms with Crippen molar-refractivity contribution in [2.45, 2.75) is 328 Å². The molecule has 3 N–H and O–H groups in total. The molecule has 0 radical (unpaired) electrons. The predicted octanol–water partition coefficient (Wildman–Crippen LogP) is 21.9. The number of aliphatic hydroxyl groups is 1. The van der Waals surface area contributed by atoms with Gasteiger partial charge in [0.25, 0.3) is 0 Å². The van der Waals surface area contributed by atoms with Crippen molar-refractivity contribution < 1.29 is 32.9 Å². The van der Waals surface area contributed by atoms with E-state index in [2.05, 4.69) is 92.1 Å². The number of hydrogen-bond donors (Lipinski definition) is 3. The van der Waals surface area contributed by atoms with Crippen LogP contribution in [0.5, 0.6) is 0 Å². The predicted molar refractivity (Wildman–Crippen MR) is 355 cm³/mol. The number of unbranched alkanes of at least 4 members (excludes halogenated alkanes) is 38. The molecule has 0 aromatic rings. The van der Waals surface area contributed by atoms with Crippen LogP contribution in [-0.4, -0.2) is 73.4 Å². The number of phosphoric ester groups is 1. The fourth-order valence-corrected chi connectivity index (χ4v) is 10.8. The first kappa shape index (κ1) is 78.7. The molecule has 9 heteroatoms. The zero-order valence-corrected chi connectivity index (χ0v) is 54.9. The third-order valence-corrected chi connectivity index (χ3v) is 16.3. The topological polar surface area (TPSA) is 105 Å². The summed E-state index contributed by atoms with van der Waals surface area (Å²) in [7, 11) is 1.56. The van der Waals surface area contributed by atoms with Crippen molar-refractivity contribution in [3.8, 4) is 0 Å². The first-order valence-electron chi connectivity index (χ1n) is 34.5. The summed E-state index contributed by atoms with van der Waals surface area (Å²) >= 11 is 0. The minimum absolute atomic E-state index is 0.0534. The van der Waals surface area contributed by atoms with Crippen LogP contribution in [0.15, 0.2) is 85.1 Å². The van der Waals surface area contributed by atoms with Gasteiger partial charge in [0.2, 0.25) is 5.91 Å². The molecule has 0 aromatic carbocycles. The molecule has 0 fully saturated rings. The van der Waals surface area contributed by atoms with Crippen LogP contribution in [0.2, 0.25) is 0 Å². The number of allylic oxidation sites excluding steroid dienone is 13. The molecule has 0 saturated heterocycles. The van der Waals surface area contributed by atoms with E-state index >= 15 is 0 Å². The number of phosphoric acid groups is 1. The molecule has 0 heterocycles. The minimum Gasteiger partial charge on any atom is -0.387 e. The fourth-order valence-electron chi connectivity index (χ4n) is 10.0. The Morgan fingerprint density at radius 2 is 0.753 bits per heavy atom. The van der Waals surface area contributed by atoms with E-state index in [-0.39, 0.29) is 19.1 Å². The van der Waals surface area contributed by atoms with Crippen molar-refractivity contribution in [1.82, 2.24) is 5.32 Å². The van der Waals surface area contributed by atoms with Gasteiger partial charge < -0.3 is 19.8 Å². The molecule has 0 saturated carbocycles. The number of quaternary nitrogens is 1. The SMILES string of the molecule is CC/C=C\C/C=C\C/C=C\C/C=C\C/C=C\CCCCCCCCCCCCCCCC(=O)NC(COP(=O)(O)OCC[N+](C)(C)C)C(O)/C=C/CC/C=C/CCCCCCCCCCCCCCCCCCCCCCCCCC. The van der Waals surface area contributed by atoms with Gasteiger partial charge in [-0.05, 0) is 77.0 Å². The molecule has 0 aromatic heterocycles. The van der Waals surface area contributed by atoms with E-state index in [0.29, 0.717) is 17.4 Å². The lowest BCUT2D eigenvalue weighted by Crippen LogP contribution is -2.45. The molecule has 3 atom stereocenters. The molecule has 0 aliphatic rings. The van der Waals surface area contributed by atoms with E-state index in [1.54, 1.807) is 6.08 Å². The highest BCUT2D eigenvalue weighted by Crippen LogP contribution is 2.43. The number of carbonyl (C=O) groups excluding carboxylic acids is 1. The normalized spacial score (nSPS) is 14.2. The number of likely N-dealkylation sites (N-methyl/N-ethyl adjacent to an activating group) is 1. The van der Waals surface area contributed by atoms with Gasteiger partial charge in [-0.1, -0.05) is 317 Å². The van der Waals surface area contributed by atoms with Gasteiger partial charge in [0, 0.05) is 6.42 Å². The molecule has 8 nitrogen and oxygen atoms in total. The van der Waals surface area contributed by atoms with E-state index < -0.39 is 20.0 Å². The lowest BCUT2D eigenvalue weighted by molar-refractivity contribution is -0.870. The third kappa shape index (κ3) is 65.1. The standard InChI is InChI=1S/C72H133N2O6P/c1-6-8-10-12-14-16-18-20-22-24-26-28-30-32-34-36-38-39-41-43-45-47-49-51-53-55-57-59-61-63-65-71(75)70(69-80-81(77,78)79-68-67-74(3,4)5)73-72(76)66-64-62-60-58-56-54-52-50-48-46-44-42-40-37-35-33-31-29-27-25-23-21-19-17-15-13-11-9-7-2/h9,11,15,17,21,23,27,29,33,35,55,57,63,65,70-71,75H,6-8,10,12-14,16,18-20,22,24-26,28,30-32,34,36-54,56,58-62,64,66-69H2,1-5H3,(H-,73,76,77,78)/p+1/b11-9-,17-15-,23-21-,29-27-,35-33-,57-55+,65-63+. The molecule has 1 amide bonds. The third-order valence-electron chi connectivity index (χ3n) is 15.3. The first-order valence-corrected chi connectivity index (χ1v) is 36.0. The van der Waals surface area contributed by atoms with Gasteiger partial charge in [0.1, 0.15) is 13.2 Å². The Morgan fingerprint density at radius 1 is 0.432 bits per heavy atom. The van der Waals surface area contributed by atoms with Gasteiger partial charge >= 0.3 is 7.82 Å². The lowest BCUT2D eigenvalue weighted by Gasteiger charge is -2.25. The summed E-state index contributed by atoms with van der Waals surface area (Å²) in [4.78, 5) is 23.4. The molecule has 0 spiro atoms. The molecule has 0 aliphatic carbocycles. The number of hydrogen-bond acceptors (Lipinski definition) is 5. The van der Waals surface area contributed by atoms with Crippen LogP contribution in [0.3, 0.4) is 0 Å².